The molecule has 0 bridgehead atoms. The number of allylic oxidation sites excluding steroid dienone is 4. The summed E-state index contributed by atoms with van der Waals surface area (Å²) in [6.07, 6.45) is 7.47. The highest BCUT2D eigenvalue weighted by Crippen LogP contribution is 2.27. The fourth-order valence-corrected chi connectivity index (χ4v) is 1.88. The van der Waals surface area contributed by atoms with Crippen LogP contribution in [0.3, 0.4) is 0 Å². The lowest BCUT2D eigenvalue weighted by atomic mass is 9.92. The Morgan fingerprint density at radius 1 is 1.00 bits per heavy atom. The second-order valence-corrected chi connectivity index (χ2v) is 3.52. The van der Waals surface area contributed by atoms with Gasteiger partial charge in [0.2, 0.25) is 0 Å². The lowest BCUT2D eigenvalue weighted by molar-refractivity contribution is 0.627. The first-order valence-corrected chi connectivity index (χ1v) is 6.49. The van der Waals surface area contributed by atoms with Crippen LogP contribution in [0.15, 0.2) is 22.9 Å². The molecule has 1 heteroatoms. The number of rotatable bonds is 0. The highest BCUT2D eigenvalue weighted by atomic mass is 14.9. The third-order valence-corrected chi connectivity index (χ3v) is 2.54. The van der Waals surface area contributed by atoms with Crippen molar-refractivity contribution in [3.63, 3.8) is 0 Å². The van der Waals surface area contributed by atoms with E-state index >= 15 is 0 Å². The first kappa shape index (κ1) is 14.3. The Hall–Kier alpha value is -0.720. The predicted molar refractivity (Wildman–Crippen MR) is 69.9 cm³/mol. The zero-order valence-corrected chi connectivity index (χ0v) is 11.1. The minimum atomic E-state index is 1.19. The Labute approximate surface area is 95.7 Å². The van der Waals surface area contributed by atoms with Gasteiger partial charge in [-0.1, -0.05) is 39.3 Å². The van der Waals surface area contributed by atoms with Crippen LogP contribution in [0.25, 0.3) is 0 Å². The van der Waals surface area contributed by atoms with E-state index < -0.39 is 0 Å². The first-order valence-electron chi connectivity index (χ1n) is 6.49. The van der Waals surface area contributed by atoms with Gasteiger partial charge in [-0.3, -0.25) is 0 Å². The quantitative estimate of drug-likeness (QED) is 0.623. The van der Waals surface area contributed by atoms with Crippen LogP contribution in [0, 0.1) is 0 Å². The summed E-state index contributed by atoms with van der Waals surface area (Å²) < 4.78 is 0. The summed E-state index contributed by atoms with van der Waals surface area (Å²) in [6, 6.07) is 0. The second-order valence-electron chi connectivity index (χ2n) is 3.52. The summed E-state index contributed by atoms with van der Waals surface area (Å²) in [5, 5.41) is 3.48. The molecule has 0 aromatic rings. The molecule has 15 heavy (non-hydrogen) atoms. The van der Waals surface area contributed by atoms with Crippen molar-refractivity contribution in [3.05, 3.63) is 22.9 Å². The zero-order chi connectivity index (χ0) is 11.7. The summed E-state index contributed by atoms with van der Waals surface area (Å²) in [4.78, 5) is 0. The maximum atomic E-state index is 3.48. The van der Waals surface area contributed by atoms with Crippen LogP contribution in [-0.4, -0.2) is 6.54 Å². The maximum absolute atomic E-state index is 3.48. The largest absolute Gasteiger partial charge is 0.388 e. The molecule has 0 fully saturated rings. The molecule has 1 aliphatic heterocycles. The maximum Gasteiger partial charge on any atom is 0.0147 e. The number of nitrogens with one attached hydrogen (secondary N) is 1. The van der Waals surface area contributed by atoms with Crippen molar-refractivity contribution in [1.29, 1.82) is 0 Å². The van der Waals surface area contributed by atoms with Crippen LogP contribution in [0.1, 0.15) is 60.3 Å². The molecule has 0 radical (unpaired) electrons. The predicted octanol–water partition coefficient (Wildman–Crippen LogP) is 4.42. The van der Waals surface area contributed by atoms with Gasteiger partial charge in [0, 0.05) is 12.2 Å². The third kappa shape index (κ3) is 4.55. The molecule has 0 saturated heterocycles. The van der Waals surface area contributed by atoms with E-state index in [2.05, 4.69) is 18.3 Å². The molecule has 1 N–H and O–H groups in total. The average molecular weight is 209 g/mol. The summed E-state index contributed by atoms with van der Waals surface area (Å²) in [6.45, 7) is 11.4. The van der Waals surface area contributed by atoms with Crippen LogP contribution in [0.4, 0.5) is 0 Å². The van der Waals surface area contributed by atoms with Crippen molar-refractivity contribution in [2.75, 3.05) is 6.54 Å². The number of hydrogen-bond acceptors (Lipinski definition) is 1. The monoisotopic (exact) mass is 209 g/mol. The van der Waals surface area contributed by atoms with Crippen molar-refractivity contribution in [2.45, 2.75) is 60.3 Å². The molecule has 1 nitrogen and oxygen atoms in total. The average Bonchev–Trinajstić information content (AvgIpc) is 2.34. The number of hydrogen-bond donors (Lipinski definition) is 1. The summed E-state index contributed by atoms with van der Waals surface area (Å²) in [5.74, 6) is 0. The smallest absolute Gasteiger partial charge is 0.0147 e. The molecule has 0 atom stereocenters. The molecular weight excluding hydrogens is 182 g/mol. The molecule has 88 valence electrons. The van der Waals surface area contributed by atoms with Crippen LogP contribution < -0.4 is 5.32 Å². The van der Waals surface area contributed by atoms with Gasteiger partial charge in [0.05, 0.1) is 0 Å². The lowest BCUT2D eigenvalue weighted by Crippen LogP contribution is -2.22. The summed E-state index contributed by atoms with van der Waals surface area (Å²) >= 11 is 0. The van der Waals surface area contributed by atoms with Gasteiger partial charge in [-0.05, 0) is 38.2 Å². The molecule has 2 aliphatic rings. The molecule has 0 saturated carbocycles. The highest BCUT2D eigenvalue weighted by molar-refractivity contribution is 5.33. The fourth-order valence-electron chi connectivity index (χ4n) is 1.88. The Bertz CT molecular complexity index is 223. The van der Waals surface area contributed by atoms with E-state index in [1.807, 2.05) is 27.7 Å². The van der Waals surface area contributed by atoms with Crippen molar-refractivity contribution in [1.82, 2.24) is 5.32 Å². The van der Waals surface area contributed by atoms with Crippen LogP contribution in [0.2, 0.25) is 0 Å². The third-order valence-electron chi connectivity index (χ3n) is 2.54. The van der Waals surface area contributed by atoms with Crippen LogP contribution in [-0.2, 0) is 0 Å². The van der Waals surface area contributed by atoms with Gasteiger partial charge < -0.3 is 5.32 Å². The molecule has 0 amide bonds. The molecule has 0 unspecified atom stereocenters. The normalized spacial score (nSPS) is 18.3. The molecule has 0 spiro atoms. The van der Waals surface area contributed by atoms with E-state index in [9.17, 15) is 0 Å². The molecular formula is C14H27N. The van der Waals surface area contributed by atoms with Gasteiger partial charge in [0.25, 0.3) is 0 Å². The minimum absolute atomic E-state index is 1.19. The highest BCUT2D eigenvalue weighted by Gasteiger charge is 2.13. The first-order chi connectivity index (χ1) is 7.36. The second kappa shape index (κ2) is 8.58. The molecule has 2 rings (SSSR count). The van der Waals surface area contributed by atoms with Gasteiger partial charge in [-0.15, -0.1) is 0 Å². The van der Waals surface area contributed by atoms with E-state index in [-0.39, 0.29) is 0 Å². The van der Waals surface area contributed by atoms with Gasteiger partial charge in [0.1, 0.15) is 0 Å². The van der Waals surface area contributed by atoms with Gasteiger partial charge in [-0.2, -0.15) is 0 Å². The zero-order valence-electron chi connectivity index (χ0n) is 11.1. The fraction of sp³-hybridized carbons (Fsp3) is 0.714. The van der Waals surface area contributed by atoms with E-state index in [0.29, 0.717) is 0 Å². The minimum Gasteiger partial charge on any atom is -0.388 e. The van der Waals surface area contributed by atoms with Crippen molar-refractivity contribution < 1.29 is 0 Å². The van der Waals surface area contributed by atoms with Gasteiger partial charge >= 0.3 is 0 Å². The molecule has 0 aromatic carbocycles. The van der Waals surface area contributed by atoms with E-state index in [0.717, 1.165) is 0 Å². The van der Waals surface area contributed by atoms with Crippen molar-refractivity contribution in [2.24, 2.45) is 0 Å². The van der Waals surface area contributed by atoms with Gasteiger partial charge in [0.15, 0.2) is 0 Å². The Balaban J connectivity index is 0.000000442. The topological polar surface area (TPSA) is 12.0 Å². The molecule has 1 heterocycles. The standard InChI is InChI=1S/C10H15N.2C2H6/c1-8-4-5-10-9(7-8)3-2-6-11-10;2*1-2/h7,11H,2-6H2,1H3;2*1-2H3. The van der Waals surface area contributed by atoms with Gasteiger partial charge in [-0.25, -0.2) is 0 Å². The molecule has 0 aromatic heterocycles. The molecule has 1 aliphatic carbocycles. The Morgan fingerprint density at radius 3 is 2.33 bits per heavy atom. The lowest BCUT2D eigenvalue weighted by Gasteiger charge is -2.24. The van der Waals surface area contributed by atoms with Crippen molar-refractivity contribution in [3.8, 4) is 0 Å². The summed E-state index contributed by atoms with van der Waals surface area (Å²) in [7, 11) is 0. The van der Waals surface area contributed by atoms with Crippen LogP contribution >= 0.6 is 0 Å². The summed E-state index contributed by atoms with van der Waals surface area (Å²) in [5.41, 5.74) is 4.63. The van der Waals surface area contributed by atoms with Crippen LogP contribution in [0.5, 0.6) is 0 Å². The SMILES string of the molecule is CC.CC.CC1=CC2=C(CC1)NCCC2. The van der Waals surface area contributed by atoms with E-state index in [1.165, 1.54) is 37.9 Å². The van der Waals surface area contributed by atoms with E-state index in [1.54, 1.807) is 11.1 Å². The van der Waals surface area contributed by atoms with E-state index in [4.69, 9.17) is 0 Å². The van der Waals surface area contributed by atoms with Crippen molar-refractivity contribution >= 4 is 0 Å². The Morgan fingerprint density at radius 2 is 1.67 bits per heavy atom. The Kier molecular flexibility index (Phi) is 8.17.